The molecule has 0 radical (unpaired) electrons. The summed E-state index contributed by atoms with van der Waals surface area (Å²) in [4.78, 5) is 0. The lowest BCUT2D eigenvalue weighted by Crippen LogP contribution is -2.67. The Kier molecular flexibility index (Phi) is 4.96. The Bertz CT molecular complexity index is 790. The summed E-state index contributed by atoms with van der Waals surface area (Å²) < 4.78 is 7.26. The van der Waals surface area contributed by atoms with Crippen LogP contribution in [0.15, 0.2) is 84.5 Å². The van der Waals surface area contributed by atoms with Crippen molar-refractivity contribution >= 4 is 18.7 Å². The zero-order chi connectivity index (χ0) is 18.9. The van der Waals surface area contributed by atoms with Gasteiger partial charge in [-0.15, -0.1) is 0 Å². The molecule has 0 heterocycles. The number of fused-ring (bicyclic) bond motifs is 1. The molecule has 0 amide bonds. The van der Waals surface area contributed by atoms with Crippen molar-refractivity contribution in [3.8, 4) is 0 Å². The molecule has 2 aliphatic rings. The quantitative estimate of drug-likeness (QED) is 0.666. The minimum Gasteiger partial charge on any atom is -0.401 e. The lowest BCUT2D eigenvalue weighted by Gasteiger charge is -2.44. The normalized spacial score (nSPS) is 22.4. The second-order valence-electron chi connectivity index (χ2n) is 8.90. The van der Waals surface area contributed by atoms with Crippen molar-refractivity contribution in [1.29, 1.82) is 0 Å². The lowest BCUT2D eigenvalue weighted by molar-refractivity contribution is 0.218. The second kappa shape index (κ2) is 7.25. The molecule has 0 aliphatic heterocycles. The third-order valence-corrected chi connectivity index (χ3v) is 11.2. The molecule has 4 rings (SSSR count). The van der Waals surface area contributed by atoms with Crippen LogP contribution in [0, 0.1) is 5.92 Å². The summed E-state index contributed by atoms with van der Waals surface area (Å²) >= 11 is 0. The van der Waals surface area contributed by atoms with Gasteiger partial charge in [-0.05, 0) is 46.2 Å². The molecule has 0 saturated heterocycles. The summed E-state index contributed by atoms with van der Waals surface area (Å²) in [7, 11) is -2.45. The average Bonchev–Trinajstić information content (AvgIpc) is 3.09. The van der Waals surface area contributed by atoms with Crippen LogP contribution in [-0.2, 0) is 4.43 Å². The molecule has 1 nitrogen and oxygen atoms in total. The van der Waals surface area contributed by atoms with E-state index in [4.69, 9.17) is 4.43 Å². The summed E-state index contributed by atoms with van der Waals surface area (Å²) in [5, 5.41) is 2.78. The molecule has 2 heteroatoms. The summed E-state index contributed by atoms with van der Waals surface area (Å²) in [5.74, 6) is 0.679. The van der Waals surface area contributed by atoms with Crippen LogP contribution in [0.3, 0.4) is 0 Å². The molecular formula is C25H30OSi. The number of hydrogen-bond donors (Lipinski definition) is 0. The van der Waals surface area contributed by atoms with E-state index < -0.39 is 8.32 Å². The number of rotatable bonds is 4. The van der Waals surface area contributed by atoms with Crippen molar-refractivity contribution in [2.45, 2.75) is 51.2 Å². The van der Waals surface area contributed by atoms with Crippen LogP contribution in [-0.4, -0.2) is 14.4 Å². The van der Waals surface area contributed by atoms with Gasteiger partial charge in [0.05, 0.1) is 6.10 Å². The Balaban J connectivity index is 1.81. The van der Waals surface area contributed by atoms with E-state index in [1.54, 1.807) is 0 Å². The van der Waals surface area contributed by atoms with Gasteiger partial charge in [0, 0.05) is 0 Å². The summed E-state index contributed by atoms with van der Waals surface area (Å²) in [5.41, 5.74) is 1.49. The maximum Gasteiger partial charge on any atom is 0.261 e. The summed E-state index contributed by atoms with van der Waals surface area (Å²) in [6, 6.07) is 21.9. The van der Waals surface area contributed by atoms with E-state index in [9.17, 15) is 0 Å². The number of allylic oxidation sites excluding steroid dienone is 3. The van der Waals surface area contributed by atoms with Crippen molar-refractivity contribution in [2.75, 3.05) is 0 Å². The highest BCUT2D eigenvalue weighted by Crippen LogP contribution is 2.41. The first-order valence-corrected chi connectivity index (χ1v) is 12.1. The molecule has 140 valence electrons. The predicted octanol–water partition coefficient (Wildman–Crippen LogP) is 5.23. The van der Waals surface area contributed by atoms with Crippen LogP contribution in [0.25, 0.3) is 0 Å². The van der Waals surface area contributed by atoms with Gasteiger partial charge in [-0.3, -0.25) is 0 Å². The molecule has 0 unspecified atom stereocenters. The highest BCUT2D eigenvalue weighted by molar-refractivity contribution is 6.99. The molecule has 0 fully saturated rings. The van der Waals surface area contributed by atoms with Gasteiger partial charge in [-0.25, -0.2) is 0 Å². The Hall–Kier alpha value is -1.90. The van der Waals surface area contributed by atoms with Crippen LogP contribution >= 0.6 is 0 Å². The van der Waals surface area contributed by atoms with E-state index in [0.29, 0.717) is 5.92 Å². The minimum atomic E-state index is -2.45. The molecule has 0 saturated carbocycles. The fourth-order valence-corrected chi connectivity index (χ4v) is 9.46. The van der Waals surface area contributed by atoms with Crippen LogP contribution in [0.5, 0.6) is 0 Å². The third kappa shape index (κ3) is 3.37. The van der Waals surface area contributed by atoms with E-state index >= 15 is 0 Å². The third-order valence-electron chi connectivity index (χ3n) is 6.10. The second-order valence-corrected chi connectivity index (χ2v) is 13.2. The molecule has 27 heavy (non-hydrogen) atoms. The lowest BCUT2D eigenvalue weighted by atomic mass is 9.91. The first-order valence-electron chi connectivity index (χ1n) is 10.2. The van der Waals surface area contributed by atoms with Crippen molar-refractivity contribution < 1.29 is 4.43 Å². The van der Waals surface area contributed by atoms with Crippen molar-refractivity contribution in [1.82, 2.24) is 0 Å². The molecule has 2 aromatic carbocycles. The van der Waals surface area contributed by atoms with Crippen molar-refractivity contribution in [2.24, 2.45) is 5.92 Å². The monoisotopic (exact) mass is 374 g/mol. The summed E-state index contributed by atoms with van der Waals surface area (Å²) in [6.45, 7) is 7.07. The van der Waals surface area contributed by atoms with Gasteiger partial charge >= 0.3 is 0 Å². The largest absolute Gasteiger partial charge is 0.401 e. The average molecular weight is 375 g/mol. The van der Waals surface area contributed by atoms with Gasteiger partial charge in [0.15, 0.2) is 0 Å². The van der Waals surface area contributed by atoms with Crippen LogP contribution in [0.4, 0.5) is 0 Å². The van der Waals surface area contributed by atoms with Gasteiger partial charge in [-0.2, -0.15) is 0 Å². The Labute approximate surface area is 164 Å². The highest BCUT2D eigenvalue weighted by atomic mass is 28.4. The Morgan fingerprint density at radius 2 is 1.48 bits per heavy atom. The van der Waals surface area contributed by atoms with Crippen molar-refractivity contribution in [3.05, 3.63) is 84.5 Å². The van der Waals surface area contributed by atoms with Gasteiger partial charge in [-0.1, -0.05) is 99.7 Å². The van der Waals surface area contributed by atoms with Crippen LogP contribution in [0.1, 0.15) is 40.0 Å². The fraction of sp³-hybridized carbons (Fsp3) is 0.360. The molecule has 0 N–H and O–H groups in total. The topological polar surface area (TPSA) is 9.23 Å². The fourth-order valence-electron chi connectivity index (χ4n) is 4.83. The Morgan fingerprint density at radius 3 is 2.00 bits per heavy atom. The zero-order valence-electron chi connectivity index (χ0n) is 16.7. The van der Waals surface area contributed by atoms with Crippen molar-refractivity contribution in [3.63, 3.8) is 0 Å². The Morgan fingerprint density at radius 1 is 0.889 bits per heavy atom. The van der Waals surface area contributed by atoms with E-state index in [-0.39, 0.29) is 11.1 Å². The number of benzene rings is 2. The van der Waals surface area contributed by atoms with Gasteiger partial charge < -0.3 is 4.43 Å². The molecule has 0 spiro atoms. The van der Waals surface area contributed by atoms with E-state index in [0.717, 1.165) is 6.42 Å². The molecule has 0 bridgehead atoms. The highest BCUT2D eigenvalue weighted by Gasteiger charge is 2.51. The summed E-state index contributed by atoms with van der Waals surface area (Å²) in [6.07, 6.45) is 10.8. The number of hydrogen-bond acceptors (Lipinski definition) is 1. The first kappa shape index (κ1) is 18.5. The molecule has 2 aromatic rings. The van der Waals surface area contributed by atoms with E-state index in [1.807, 2.05) is 0 Å². The smallest absolute Gasteiger partial charge is 0.261 e. The molecule has 2 aliphatic carbocycles. The van der Waals surface area contributed by atoms with E-state index in [1.165, 1.54) is 28.8 Å². The molecule has 0 aromatic heterocycles. The first-order chi connectivity index (χ1) is 13.0. The zero-order valence-corrected chi connectivity index (χ0v) is 17.7. The van der Waals surface area contributed by atoms with Gasteiger partial charge in [0.1, 0.15) is 0 Å². The minimum absolute atomic E-state index is 0.0395. The van der Waals surface area contributed by atoms with Gasteiger partial charge in [0.25, 0.3) is 8.32 Å². The maximum absolute atomic E-state index is 7.26. The van der Waals surface area contributed by atoms with E-state index in [2.05, 4.69) is 99.7 Å². The molecular weight excluding hydrogens is 344 g/mol. The SMILES string of the molecule is CC(C)(C)[Si](O[C@H]1C=C2C=CCC[C@@H]2C1)(c1ccccc1)c1ccccc1. The van der Waals surface area contributed by atoms with Gasteiger partial charge in [0.2, 0.25) is 0 Å². The van der Waals surface area contributed by atoms with Crippen LogP contribution < -0.4 is 10.4 Å². The van der Waals surface area contributed by atoms with Crippen LogP contribution in [0.2, 0.25) is 5.04 Å². The molecule has 2 atom stereocenters. The maximum atomic E-state index is 7.26. The predicted molar refractivity (Wildman–Crippen MR) is 117 cm³/mol. The standard InChI is InChI=1S/C25H30OSi/c1-25(2,3)27(23-14-6-4-7-15-23,24-16-8-5-9-17-24)26-22-18-20-12-10-11-13-21(20)19-22/h4-10,12,14-18,21-22H,11,13,19H2,1-3H3/t21-,22+/m1/s1.